The smallest absolute Gasteiger partial charge is 0.307 e. The van der Waals surface area contributed by atoms with Crippen LogP contribution in [0.3, 0.4) is 0 Å². The molecule has 0 aromatic heterocycles. The third-order valence-electron chi connectivity index (χ3n) is 3.11. The average Bonchev–Trinajstić information content (AvgIpc) is 2.02. The molecule has 12 heavy (non-hydrogen) atoms. The van der Waals surface area contributed by atoms with Crippen molar-refractivity contribution in [3.63, 3.8) is 0 Å². The van der Waals surface area contributed by atoms with E-state index in [1.54, 1.807) is 0 Å². The van der Waals surface area contributed by atoms with Gasteiger partial charge in [0, 0.05) is 0 Å². The first-order valence-electron chi connectivity index (χ1n) is 4.59. The van der Waals surface area contributed by atoms with Gasteiger partial charge in [-0.1, -0.05) is 6.42 Å². The normalized spacial score (nSPS) is 40.8. The first-order chi connectivity index (χ1) is 5.79. The molecule has 1 N–H and O–H groups in total. The second-order valence-corrected chi connectivity index (χ2v) is 3.85. The van der Waals surface area contributed by atoms with Crippen molar-refractivity contribution in [3.8, 4) is 0 Å². The van der Waals surface area contributed by atoms with Crippen molar-refractivity contribution in [1.29, 1.82) is 0 Å². The van der Waals surface area contributed by atoms with E-state index in [1.807, 2.05) is 0 Å². The summed E-state index contributed by atoms with van der Waals surface area (Å²) in [6, 6.07) is 0. The molecular weight excluding hydrogens is 156 g/mol. The molecule has 2 rings (SSSR count). The number of carbonyl (C=O) groups is 1. The van der Waals surface area contributed by atoms with E-state index < -0.39 is 5.97 Å². The molecule has 3 heteroatoms. The molecule has 1 heterocycles. The van der Waals surface area contributed by atoms with Crippen LogP contribution in [0.1, 0.15) is 19.3 Å². The van der Waals surface area contributed by atoms with Crippen molar-refractivity contribution in [2.75, 3.05) is 13.2 Å². The minimum Gasteiger partial charge on any atom is -0.481 e. The molecule has 1 aliphatic carbocycles. The molecule has 2 aliphatic rings. The van der Waals surface area contributed by atoms with Crippen molar-refractivity contribution >= 4 is 5.97 Å². The predicted octanol–water partition coefficient (Wildman–Crippen LogP) is 1.13. The third-order valence-corrected chi connectivity index (χ3v) is 3.11. The predicted molar refractivity (Wildman–Crippen MR) is 42.8 cm³/mol. The van der Waals surface area contributed by atoms with E-state index in [9.17, 15) is 4.79 Å². The van der Waals surface area contributed by atoms with Crippen LogP contribution in [0.4, 0.5) is 0 Å². The monoisotopic (exact) mass is 170 g/mol. The average molecular weight is 170 g/mol. The SMILES string of the molecule is O=C(O)C1C2CCCC1COC2. The topological polar surface area (TPSA) is 46.5 Å². The van der Waals surface area contributed by atoms with Gasteiger partial charge in [0.2, 0.25) is 0 Å². The first kappa shape index (κ1) is 8.05. The molecule has 2 fully saturated rings. The van der Waals surface area contributed by atoms with E-state index in [0.29, 0.717) is 13.2 Å². The summed E-state index contributed by atoms with van der Waals surface area (Å²) in [4.78, 5) is 10.9. The molecule has 68 valence electrons. The molecule has 0 aromatic rings. The van der Waals surface area contributed by atoms with Crippen LogP contribution in [-0.4, -0.2) is 24.3 Å². The van der Waals surface area contributed by atoms with Crippen molar-refractivity contribution in [1.82, 2.24) is 0 Å². The lowest BCUT2D eigenvalue weighted by molar-refractivity contribution is -0.156. The number of carboxylic acid groups (broad SMARTS) is 1. The van der Waals surface area contributed by atoms with Crippen molar-refractivity contribution < 1.29 is 14.6 Å². The van der Waals surface area contributed by atoms with Crippen LogP contribution in [0, 0.1) is 17.8 Å². The van der Waals surface area contributed by atoms with Gasteiger partial charge in [0.15, 0.2) is 0 Å². The number of aliphatic carboxylic acids is 1. The molecule has 2 unspecified atom stereocenters. The van der Waals surface area contributed by atoms with Crippen LogP contribution in [0.5, 0.6) is 0 Å². The van der Waals surface area contributed by atoms with Gasteiger partial charge in [0.25, 0.3) is 0 Å². The summed E-state index contributed by atoms with van der Waals surface area (Å²) in [5.41, 5.74) is 0. The Labute approximate surface area is 71.7 Å². The molecule has 3 nitrogen and oxygen atoms in total. The molecule has 1 saturated heterocycles. The highest BCUT2D eigenvalue weighted by Crippen LogP contribution is 2.38. The van der Waals surface area contributed by atoms with E-state index in [-0.39, 0.29) is 17.8 Å². The van der Waals surface area contributed by atoms with Gasteiger partial charge < -0.3 is 9.84 Å². The fourth-order valence-electron chi connectivity index (χ4n) is 2.53. The summed E-state index contributed by atoms with van der Waals surface area (Å²) in [5, 5.41) is 8.99. The summed E-state index contributed by atoms with van der Waals surface area (Å²) in [7, 11) is 0. The Kier molecular flexibility index (Phi) is 2.05. The number of ether oxygens (including phenoxy) is 1. The first-order valence-corrected chi connectivity index (χ1v) is 4.59. The Hall–Kier alpha value is -0.570. The second kappa shape index (κ2) is 3.05. The Morgan fingerprint density at radius 3 is 2.25 bits per heavy atom. The number of hydrogen-bond donors (Lipinski definition) is 1. The summed E-state index contributed by atoms with van der Waals surface area (Å²) in [6.45, 7) is 1.32. The Bertz CT molecular complexity index is 168. The van der Waals surface area contributed by atoms with E-state index in [1.165, 1.54) is 6.42 Å². The van der Waals surface area contributed by atoms with E-state index in [0.717, 1.165) is 12.8 Å². The molecule has 1 saturated carbocycles. The summed E-state index contributed by atoms with van der Waals surface area (Å²) in [5.74, 6) is -0.162. The summed E-state index contributed by atoms with van der Waals surface area (Å²) < 4.78 is 5.35. The highest BCUT2D eigenvalue weighted by Gasteiger charge is 2.41. The molecule has 0 spiro atoms. The molecule has 2 atom stereocenters. The van der Waals surface area contributed by atoms with Gasteiger partial charge in [-0.25, -0.2) is 0 Å². The number of rotatable bonds is 1. The van der Waals surface area contributed by atoms with Crippen LogP contribution in [-0.2, 0) is 9.53 Å². The minimum absolute atomic E-state index is 0.118. The van der Waals surface area contributed by atoms with E-state index in [2.05, 4.69) is 0 Å². The molecule has 0 amide bonds. The van der Waals surface area contributed by atoms with E-state index >= 15 is 0 Å². The maximum absolute atomic E-state index is 10.9. The quantitative estimate of drug-likeness (QED) is 0.641. The van der Waals surface area contributed by atoms with Gasteiger partial charge in [-0.2, -0.15) is 0 Å². The number of fused-ring (bicyclic) bond motifs is 2. The molecule has 0 radical (unpaired) electrons. The van der Waals surface area contributed by atoms with Gasteiger partial charge in [-0.05, 0) is 24.7 Å². The summed E-state index contributed by atoms with van der Waals surface area (Å²) >= 11 is 0. The molecule has 2 bridgehead atoms. The fraction of sp³-hybridized carbons (Fsp3) is 0.889. The second-order valence-electron chi connectivity index (χ2n) is 3.85. The zero-order chi connectivity index (χ0) is 8.55. The van der Waals surface area contributed by atoms with Gasteiger partial charge in [-0.3, -0.25) is 4.79 Å². The van der Waals surface area contributed by atoms with Crippen molar-refractivity contribution in [2.45, 2.75) is 19.3 Å². The van der Waals surface area contributed by atoms with Gasteiger partial charge in [0.1, 0.15) is 0 Å². The van der Waals surface area contributed by atoms with Crippen molar-refractivity contribution in [2.24, 2.45) is 17.8 Å². The van der Waals surface area contributed by atoms with Crippen LogP contribution < -0.4 is 0 Å². The maximum Gasteiger partial charge on any atom is 0.307 e. The number of carboxylic acids is 1. The molecule has 0 aromatic carbocycles. The van der Waals surface area contributed by atoms with Gasteiger partial charge >= 0.3 is 5.97 Å². The lowest BCUT2D eigenvalue weighted by atomic mass is 9.71. The highest BCUT2D eigenvalue weighted by molar-refractivity contribution is 5.71. The largest absolute Gasteiger partial charge is 0.481 e. The van der Waals surface area contributed by atoms with Crippen LogP contribution in [0.2, 0.25) is 0 Å². The van der Waals surface area contributed by atoms with E-state index in [4.69, 9.17) is 9.84 Å². The Morgan fingerprint density at radius 2 is 1.83 bits per heavy atom. The Balaban J connectivity index is 2.13. The van der Waals surface area contributed by atoms with Crippen LogP contribution >= 0.6 is 0 Å². The van der Waals surface area contributed by atoms with Crippen molar-refractivity contribution in [3.05, 3.63) is 0 Å². The Morgan fingerprint density at radius 1 is 1.25 bits per heavy atom. The van der Waals surface area contributed by atoms with Crippen LogP contribution in [0.25, 0.3) is 0 Å². The zero-order valence-corrected chi connectivity index (χ0v) is 7.03. The lowest BCUT2D eigenvalue weighted by Crippen LogP contribution is -2.43. The minimum atomic E-state index is -0.618. The molecule has 1 aliphatic heterocycles. The fourth-order valence-corrected chi connectivity index (χ4v) is 2.53. The van der Waals surface area contributed by atoms with Gasteiger partial charge in [-0.15, -0.1) is 0 Å². The third kappa shape index (κ3) is 1.22. The van der Waals surface area contributed by atoms with Gasteiger partial charge in [0.05, 0.1) is 19.1 Å². The highest BCUT2D eigenvalue weighted by atomic mass is 16.5. The van der Waals surface area contributed by atoms with Crippen LogP contribution in [0.15, 0.2) is 0 Å². The lowest BCUT2D eigenvalue weighted by Gasteiger charge is -2.39. The standard InChI is InChI=1S/C9H14O3/c10-9(11)8-6-2-1-3-7(8)5-12-4-6/h6-8H,1-5H2,(H,10,11). The maximum atomic E-state index is 10.9. The zero-order valence-electron chi connectivity index (χ0n) is 7.03. The number of hydrogen-bond acceptors (Lipinski definition) is 2. The molecular formula is C9H14O3. The summed E-state index contributed by atoms with van der Waals surface area (Å²) in [6.07, 6.45) is 3.25.